The minimum absolute atomic E-state index is 0.233. The molecule has 0 unspecified atom stereocenters. The van der Waals surface area contributed by atoms with Gasteiger partial charge in [0.05, 0.1) is 0 Å². The van der Waals surface area contributed by atoms with Gasteiger partial charge in [-0.1, -0.05) is 0 Å². The van der Waals surface area contributed by atoms with Crippen molar-refractivity contribution in [3.8, 4) is 5.75 Å². The molecule has 4 nitrogen and oxygen atoms in total. The maximum absolute atomic E-state index is 12.2. The summed E-state index contributed by atoms with van der Waals surface area (Å²) in [5, 5.41) is 0. The fourth-order valence-corrected chi connectivity index (χ4v) is 3.54. The van der Waals surface area contributed by atoms with Crippen LogP contribution in [0.15, 0.2) is 42.5 Å². The van der Waals surface area contributed by atoms with E-state index in [1.807, 2.05) is 32.9 Å². The Morgan fingerprint density at radius 3 is 2.05 bits per heavy atom. The molecule has 0 fully saturated rings. The molecule has 2 rings (SSSR count). The van der Waals surface area contributed by atoms with E-state index in [-0.39, 0.29) is 5.56 Å². The van der Waals surface area contributed by atoms with Crippen molar-refractivity contribution in [2.75, 3.05) is 0 Å². The Morgan fingerprint density at radius 2 is 1.52 bits per heavy atom. The molecule has 2 N–H and O–H groups in total. The second-order valence-corrected chi connectivity index (χ2v) is 7.01. The van der Waals surface area contributed by atoms with Gasteiger partial charge in [0.2, 0.25) is 0 Å². The average Bonchev–Trinajstić information content (AvgIpc) is 2.43. The summed E-state index contributed by atoms with van der Waals surface area (Å²) in [5.41, 5.74) is 2.07. The molecule has 0 aromatic heterocycles. The zero-order valence-corrected chi connectivity index (χ0v) is 13.3. The molecule has 0 aliphatic rings. The number of hydrogen-bond donors (Lipinski definition) is 2. The molecule has 112 valence electrons. The average molecular weight is 306 g/mol. The Morgan fingerprint density at radius 1 is 1.00 bits per heavy atom. The maximum atomic E-state index is 12.2. The molecular formula is C16H19O4P. The van der Waals surface area contributed by atoms with Crippen LogP contribution in [0.1, 0.15) is 27.0 Å². The molecule has 0 spiro atoms. The zero-order valence-electron chi connectivity index (χ0n) is 12.3. The van der Waals surface area contributed by atoms with E-state index in [0.29, 0.717) is 5.75 Å². The summed E-state index contributed by atoms with van der Waals surface area (Å²) in [4.78, 5) is 32.5. The Bertz CT molecular complexity index is 642. The molecule has 0 radical (unpaired) electrons. The third kappa shape index (κ3) is 3.48. The van der Waals surface area contributed by atoms with Crippen molar-refractivity contribution in [1.29, 1.82) is 0 Å². The first-order chi connectivity index (χ1) is 9.81. The van der Waals surface area contributed by atoms with Crippen molar-refractivity contribution in [3.05, 3.63) is 64.7 Å². The van der Waals surface area contributed by atoms with Gasteiger partial charge in [0.1, 0.15) is 0 Å². The molecule has 5 heteroatoms. The van der Waals surface area contributed by atoms with E-state index in [0.717, 1.165) is 16.7 Å². The molecule has 21 heavy (non-hydrogen) atoms. The predicted molar refractivity (Wildman–Crippen MR) is 84.8 cm³/mol. The first kappa shape index (κ1) is 15.6. The summed E-state index contributed by atoms with van der Waals surface area (Å²) >= 11 is 0. The van der Waals surface area contributed by atoms with Crippen molar-refractivity contribution in [3.63, 3.8) is 0 Å². The monoisotopic (exact) mass is 306 g/mol. The summed E-state index contributed by atoms with van der Waals surface area (Å²) in [6.45, 7) is 5.57. The van der Waals surface area contributed by atoms with Gasteiger partial charge in [-0.3, -0.25) is 0 Å². The second-order valence-electron chi connectivity index (χ2n) is 5.13. The SMILES string of the molecule is Cc1cc(C)c(O[PH](O)(O)C(=O)c2ccccc2)c(C)c1. The Labute approximate surface area is 124 Å². The first-order valence-electron chi connectivity index (χ1n) is 6.62. The predicted octanol–water partition coefficient (Wildman–Crippen LogP) is 3.31. The van der Waals surface area contributed by atoms with Crippen LogP contribution in [0.4, 0.5) is 0 Å². The Balaban J connectivity index is 2.32. The quantitative estimate of drug-likeness (QED) is 0.850. The van der Waals surface area contributed by atoms with Crippen LogP contribution in [-0.2, 0) is 0 Å². The van der Waals surface area contributed by atoms with Gasteiger partial charge in [0.25, 0.3) is 0 Å². The van der Waals surface area contributed by atoms with Crippen LogP contribution in [-0.4, -0.2) is 15.3 Å². The van der Waals surface area contributed by atoms with Crippen molar-refractivity contribution < 1.29 is 19.1 Å². The van der Waals surface area contributed by atoms with Gasteiger partial charge in [0.15, 0.2) is 0 Å². The van der Waals surface area contributed by atoms with Gasteiger partial charge in [-0.05, 0) is 0 Å². The van der Waals surface area contributed by atoms with Crippen LogP contribution in [0.25, 0.3) is 0 Å². The Kier molecular flexibility index (Phi) is 4.43. The van der Waals surface area contributed by atoms with Crippen molar-refractivity contribution in [1.82, 2.24) is 0 Å². The number of carbonyl (C=O) groups excluding carboxylic acids is 1. The number of hydrogen-bond acceptors (Lipinski definition) is 4. The van der Waals surface area contributed by atoms with E-state index >= 15 is 0 Å². The van der Waals surface area contributed by atoms with E-state index in [2.05, 4.69) is 0 Å². The van der Waals surface area contributed by atoms with Gasteiger partial charge in [0, 0.05) is 0 Å². The van der Waals surface area contributed by atoms with Crippen molar-refractivity contribution in [2.24, 2.45) is 0 Å². The molecule has 2 aromatic carbocycles. The van der Waals surface area contributed by atoms with Crippen LogP contribution in [0.2, 0.25) is 0 Å². The third-order valence-corrected chi connectivity index (χ3v) is 4.55. The van der Waals surface area contributed by atoms with Gasteiger partial charge < -0.3 is 0 Å². The minimum atomic E-state index is -4.51. The van der Waals surface area contributed by atoms with Crippen LogP contribution >= 0.6 is 7.94 Å². The fraction of sp³-hybridized carbons (Fsp3) is 0.188. The molecular weight excluding hydrogens is 287 g/mol. The molecule has 0 aliphatic heterocycles. The standard InChI is InChI=1S/C16H19O4P/c1-11-9-12(2)15(13(3)10-11)20-21(18,19)16(17)14-7-5-4-6-8-14/h4-10,18-19,21H,1-3H3. The van der Waals surface area contributed by atoms with Crippen LogP contribution in [0.5, 0.6) is 5.75 Å². The van der Waals surface area contributed by atoms with Crippen molar-refractivity contribution >= 4 is 13.5 Å². The van der Waals surface area contributed by atoms with Gasteiger partial charge in [-0.25, -0.2) is 0 Å². The van der Waals surface area contributed by atoms with E-state index in [4.69, 9.17) is 4.52 Å². The molecule has 0 bridgehead atoms. The van der Waals surface area contributed by atoms with Crippen LogP contribution in [0.3, 0.4) is 0 Å². The summed E-state index contributed by atoms with van der Waals surface area (Å²) in [6, 6.07) is 11.9. The van der Waals surface area contributed by atoms with Gasteiger partial charge >= 0.3 is 124 Å². The second kappa shape index (κ2) is 5.94. The molecule has 0 atom stereocenters. The molecule has 0 saturated heterocycles. The molecule has 2 aromatic rings. The number of aryl methyl sites for hydroxylation is 3. The first-order valence-corrected chi connectivity index (χ1v) is 8.43. The normalized spacial score (nSPS) is 12.0. The molecule has 0 saturated carbocycles. The number of carbonyl (C=O) groups is 1. The van der Waals surface area contributed by atoms with E-state index < -0.39 is 13.5 Å². The zero-order chi connectivity index (χ0) is 15.6. The van der Waals surface area contributed by atoms with Gasteiger partial charge in [-0.15, -0.1) is 0 Å². The third-order valence-electron chi connectivity index (χ3n) is 3.18. The summed E-state index contributed by atoms with van der Waals surface area (Å²) in [5.74, 6) is 0.363. The van der Waals surface area contributed by atoms with E-state index in [9.17, 15) is 14.6 Å². The summed E-state index contributed by atoms with van der Waals surface area (Å²) in [6.07, 6.45) is 0. The van der Waals surface area contributed by atoms with Gasteiger partial charge in [-0.2, -0.15) is 0 Å². The summed E-state index contributed by atoms with van der Waals surface area (Å²) in [7, 11) is -4.51. The topological polar surface area (TPSA) is 66.8 Å². The molecule has 0 aliphatic carbocycles. The number of rotatable bonds is 4. The van der Waals surface area contributed by atoms with Crippen molar-refractivity contribution in [2.45, 2.75) is 20.8 Å². The van der Waals surface area contributed by atoms with E-state index in [1.165, 1.54) is 12.1 Å². The number of benzene rings is 2. The fourth-order valence-electron chi connectivity index (χ4n) is 2.29. The summed E-state index contributed by atoms with van der Waals surface area (Å²) < 4.78 is 5.34. The Hall–Kier alpha value is -1.74. The molecule has 0 heterocycles. The molecule has 0 amide bonds. The van der Waals surface area contributed by atoms with Crippen LogP contribution in [0, 0.1) is 20.8 Å². The van der Waals surface area contributed by atoms with Crippen LogP contribution < -0.4 is 4.52 Å². The van der Waals surface area contributed by atoms with E-state index in [1.54, 1.807) is 18.2 Å².